The molecule has 28 heavy (non-hydrogen) atoms. The van der Waals surface area contributed by atoms with Crippen molar-refractivity contribution in [1.82, 2.24) is 9.47 Å². The number of rotatable bonds is 5. The van der Waals surface area contributed by atoms with Crippen LogP contribution in [-0.4, -0.2) is 21.9 Å². The molecule has 3 nitrogen and oxygen atoms in total. The number of fused-ring (bicyclic) bond motifs is 1. The van der Waals surface area contributed by atoms with Crippen molar-refractivity contribution >= 4 is 5.91 Å². The lowest BCUT2D eigenvalue weighted by Gasteiger charge is -2.37. The van der Waals surface area contributed by atoms with Gasteiger partial charge in [-0.05, 0) is 60.4 Å². The van der Waals surface area contributed by atoms with Gasteiger partial charge in [-0.15, -0.1) is 0 Å². The molecular weight excluding hydrogens is 351 g/mol. The zero-order chi connectivity index (χ0) is 19.5. The molecule has 2 heterocycles. The molecule has 1 atom stereocenters. The topological polar surface area (TPSA) is 25.2 Å². The Balaban J connectivity index is 1.65. The van der Waals surface area contributed by atoms with E-state index in [9.17, 15) is 9.18 Å². The molecule has 0 unspecified atom stereocenters. The van der Waals surface area contributed by atoms with Crippen LogP contribution in [-0.2, 0) is 13.0 Å². The zero-order valence-corrected chi connectivity index (χ0v) is 16.1. The predicted molar refractivity (Wildman–Crippen MR) is 109 cm³/mol. The SMILES string of the molecule is CCCCc1ccc(C(=O)N2CCn3cccc3[C@H]2c2ccc(F)cc2)cc1. The summed E-state index contributed by atoms with van der Waals surface area (Å²) in [5.41, 5.74) is 3.95. The minimum atomic E-state index is -0.268. The van der Waals surface area contributed by atoms with Gasteiger partial charge in [0.1, 0.15) is 5.82 Å². The van der Waals surface area contributed by atoms with Crippen molar-refractivity contribution in [3.05, 3.63) is 95.1 Å². The normalized spacial score (nSPS) is 16.1. The number of benzene rings is 2. The van der Waals surface area contributed by atoms with Gasteiger partial charge in [-0.2, -0.15) is 0 Å². The number of amides is 1. The summed E-state index contributed by atoms with van der Waals surface area (Å²) in [6.45, 7) is 3.57. The molecule has 144 valence electrons. The van der Waals surface area contributed by atoms with Crippen LogP contribution in [0.25, 0.3) is 0 Å². The second kappa shape index (κ2) is 8.01. The first kappa shape index (κ1) is 18.5. The molecule has 1 aliphatic rings. The van der Waals surface area contributed by atoms with E-state index in [2.05, 4.69) is 23.6 Å². The summed E-state index contributed by atoms with van der Waals surface area (Å²) in [6.07, 6.45) is 5.40. The zero-order valence-electron chi connectivity index (χ0n) is 16.1. The van der Waals surface area contributed by atoms with Crippen molar-refractivity contribution in [2.24, 2.45) is 0 Å². The standard InChI is InChI=1S/C24H25FN2O/c1-2-3-5-18-7-9-20(10-8-18)24(28)27-17-16-26-15-4-6-22(26)23(27)19-11-13-21(25)14-12-19/h4,6-15,23H,2-3,5,16-17H2,1H3/t23-/m1/s1. The van der Waals surface area contributed by atoms with Gasteiger partial charge in [-0.25, -0.2) is 4.39 Å². The number of aryl methyl sites for hydroxylation is 1. The van der Waals surface area contributed by atoms with Crippen LogP contribution in [0, 0.1) is 5.82 Å². The summed E-state index contributed by atoms with van der Waals surface area (Å²) in [5, 5.41) is 0. The minimum Gasteiger partial charge on any atom is -0.348 e. The van der Waals surface area contributed by atoms with Gasteiger partial charge in [0, 0.05) is 30.5 Å². The number of carbonyl (C=O) groups is 1. The van der Waals surface area contributed by atoms with Crippen molar-refractivity contribution in [3.8, 4) is 0 Å². The first-order chi connectivity index (χ1) is 13.7. The highest BCUT2D eigenvalue weighted by molar-refractivity contribution is 5.94. The van der Waals surface area contributed by atoms with E-state index in [1.165, 1.54) is 17.7 Å². The van der Waals surface area contributed by atoms with Crippen LogP contribution < -0.4 is 0 Å². The van der Waals surface area contributed by atoms with E-state index >= 15 is 0 Å². The van der Waals surface area contributed by atoms with Crippen LogP contribution in [0.2, 0.25) is 0 Å². The Labute approximate surface area is 165 Å². The largest absolute Gasteiger partial charge is 0.348 e. The van der Waals surface area contributed by atoms with E-state index < -0.39 is 0 Å². The molecule has 0 saturated heterocycles. The van der Waals surface area contributed by atoms with Crippen LogP contribution in [0.15, 0.2) is 66.9 Å². The third-order valence-electron chi connectivity index (χ3n) is 5.50. The number of nitrogens with zero attached hydrogens (tertiary/aromatic N) is 2. The molecule has 2 aromatic carbocycles. The van der Waals surface area contributed by atoms with Gasteiger partial charge >= 0.3 is 0 Å². The molecule has 0 radical (unpaired) electrons. The Morgan fingerprint density at radius 2 is 1.79 bits per heavy atom. The quantitative estimate of drug-likeness (QED) is 0.600. The van der Waals surface area contributed by atoms with Crippen molar-refractivity contribution in [2.45, 2.75) is 38.8 Å². The van der Waals surface area contributed by atoms with Crippen LogP contribution in [0.3, 0.4) is 0 Å². The Morgan fingerprint density at radius 1 is 1.04 bits per heavy atom. The summed E-state index contributed by atoms with van der Waals surface area (Å²) in [7, 11) is 0. The molecule has 0 saturated carbocycles. The Bertz CT molecular complexity index is 943. The first-order valence-electron chi connectivity index (χ1n) is 9.98. The fourth-order valence-electron chi connectivity index (χ4n) is 3.96. The van der Waals surface area contributed by atoms with E-state index in [1.807, 2.05) is 35.4 Å². The maximum atomic E-state index is 13.5. The first-order valence-corrected chi connectivity index (χ1v) is 9.98. The fourth-order valence-corrected chi connectivity index (χ4v) is 3.96. The molecule has 4 rings (SSSR count). The summed E-state index contributed by atoms with van der Waals surface area (Å²) >= 11 is 0. The highest BCUT2D eigenvalue weighted by Gasteiger charge is 2.32. The number of unbranched alkanes of at least 4 members (excludes halogenated alkanes) is 1. The number of aromatic nitrogens is 1. The molecule has 3 aromatic rings. The highest BCUT2D eigenvalue weighted by Crippen LogP contribution is 2.33. The molecule has 0 aliphatic carbocycles. The van der Waals surface area contributed by atoms with Crippen molar-refractivity contribution in [1.29, 1.82) is 0 Å². The van der Waals surface area contributed by atoms with Crippen LogP contribution in [0.5, 0.6) is 0 Å². The maximum Gasteiger partial charge on any atom is 0.254 e. The van der Waals surface area contributed by atoms with Gasteiger partial charge < -0.3 is 9.47 Å². The molecule has 1 amide bonds. The molecule has 0 bridgehead atoms. The average molecular weight is 376 g/mol. The molecule has 1 aliphatic heterocycles. The predicted octanol–water partition coefficient (Wildman–Crippen LogP) is 5.22. The number of hydrogen-bond acceptors (Lipinski definition) is 1. The monoisotopic (exact) mass is 376 g/mol. The molecule has 0 fully saturated rings. The maximum absolute atomic E-state index is 13.5. The second-order valence-electron chi connectivity index (χ2n) is 7.38. The number of carbonyl (C=O) groups excluding carboxylic acids is 1. The van der Waals surface area contributed by atoms with E-state index in [0.717, 1.165) is 37.1 Å². The van der Waals surface area contributed by atoms with Gasteiger partial charge in [0.05, 0.1) is 6.04 Å². The minimum absolute atomic E-state index is 0.0174. The van der Waals surface area contributed by atoms with Gasteiger partial charge in [0.15, 0.2) is 0 Å². The number of hydrogen-bond donors (Lipinski definition) is 0. The van der Waals surface area contributed by atoms with E-state index in [-0.39, 0.29) is 17.8 Å². The van der Waals surface area contributed by atoms with Crippen LogP contribution in [0.1, 0.15) is 53.0 Å². The third-order valence-corrected chi connectivity index (χ3v) is 5.50. The lowest BCUT2D eigenvalue weighted by Crippen LogP contribution is -2.42. The summed E-state index contributed by atoms with van der Waals surface area (Å²) in [6, 6.07) is 18.3. The Morgan fingerprint density at radius 3 is 2.50 bits per heavy atom. The molecule has 1 aromatic heterocycles. The van der Waals surface area contributed by atoms with Gasteiger partial charge in [-0.1, -0.05) is 37.6 Å². The Hall–Kier alpha value is -2.88. The molecular formula is C24H25FN2O. The van der Waals surface area contributed by atoms with Gasteiger partial charge in [0.25, 0.3) is 5.91 Å². The smallest absolute Gasteiger partial charge is 0.254 e. The summed E-state index contributed by atoms with van der Waals surface area (Å²) in [4.78, 5) is 15.3. The van der Waals surface area contributed by atoms with Gasteiger partial charge in [-0.3, -0.25) is 4.79 Å². The lowest BCUT2D eigenvalue weighted by atomic mass is 9.98. The highest BCUT2D eigenvalue weighted by atomic mass is 19.1. The Kier molecular flexibility index (Phi) is 5.29. The molecule has 0 N–H and O–H groups in total. The third kappa shape index (κ3) is 3.59. The van der Waals surface area contributed by atoms with E-state index in [0.29, 0.717) is 12.1 Å². The van der Waals surface area contributed by atoms with Gasteiger partial charge in [0.2, 0.25) is 0 Å². The van der Waals surface area contributed by atoms with E-state index in [4.69, 9.17) is 0 Å². The molecule has 0 spiro atoms. The number of halogens is 1. The summed E-state index contributed by atoms with van der Waals surface area (Å²) < 4.78 is 15.6. The molecule has 4 heteroatoms. The average Bonchev–Trinajstić information content (AvgIpc) is 3.21. The van der Waals surface area contributed by atoms with Crippen molar-refractivity contribution in [3.63, 3.8) is 0 Å². The van der Waals surface area contributed by atoms with Crippen molar-refractivity contribution < 1.29 is 9.18 Å². The van der Waals surface area contributed by atoms with Crippen LogP contribution in [0.4, 0.5) is 4.39 Å². The van der Waals surface area contributed by atoms with Crippen LogP contribution >= 0.6 is 0 Å². The summed E-state index contributed by atoms with van der Waals surface area (Å²) in [5.74, 6) is -0.251. The fraction of sp³-hybridized carbons (Fsp3) is 0.292. The lowest BCUT2D eigenvalue weighted by molar-refractivity contribution is 0.0664. The van der Waals surface area contributed by atoms with Crippen molar-refractivity contribution in [2.75, 3.05) is 6.54 Å². The van der Waals surface area contributed by atoms with E-state index in [1.54, 1.807) is 12.1 Å². The second-order valence-corrected chi connectivity index (χ2v) is 7.38.